The third kappa shape index (κ3) is 4.35. The van der Waals surface area contributed by atoms with Crippen molar-refractivity contribution in [2.75, 3.05) is 0 Å². The third-order valence-electron chi connectivity index (χ3n) is 3.80. The standard InChI is InChI=1S/C15H16F3N5O3/c1-3-8(2)12(14(25)26)20-13(24)10-7-23(22-21-10)11-5-4-9(6-19-11)15(16,17)18/h4-8,12H,3H2,1-2H3,(H,20,24)(H,25,26)/t8-,12-/m0/s1. The summed E-state index contributed by atoms with van der Waals surface area (Å²) in [6.07, 6.45) is -2.18. The maximum atomic E-state index is 12.5. The van der Waals surface area contributed by atoms with Gasteiger partial charge in [-0.05, 0) is 18.1 Å². The SMILES string of the molecule is CC[C@H](C)[C@H](NC(=O)c1cn(-c2ccc(C(F)(F)F)cn2)nn1)C(=O)O. The molecule has 2 N–H and O–H groups in total. The highest BCUT2D eigenvalue weighted by Gasteiger charge is 2.31. The summed E-state index contributed by atoms with van der Waals surface area (Å²) in [5.74, 6) is -2.20. The topological polar surface area (TPSA) is 110 Å². The van der Waals surface area contributed by atoms with Crippen LogP contribution in [0.3, 0.4) is 0 Å². The minimum Gasteiger partial charge on any atom is -0.480 e. The van der Waals surface area contributed by atoms with Gasteiger partial charge in [0.05, 0.1) is 11.8 Å². The summed E-state index contributed by atoms with van der Waals surface area (Å²) in [5.41, 5.74) is -1.10. The molecular weight excluding hydrogens is 355 g/mol. The molecule has 0 fully saturated rings. The molecule has 0 aliphatic carbocycles. The monoisotopic (exact) mass is 371 g/mol. The number of rotatable bonds is 6. The molecule has 0 unspecified atom stereocenters. The first-order chi connectivity index (χ1) is 12.1. The summed E-state index contributed by atoms with van der Waals surface area (Å²) in [5, 5.41) is 18.8. The Balaban J connectivity index is 2.16. The Hall–Kier alpha value is -2.98. The van der Waals surface area contributed by atoms with Crippen LogP contribution >= 0.6 is 0 Å². The van der Waals surface area contributed by atoms with Crippen molar-refractivity contribution in [1.29, 1.82) is 0 Å². The molecular formula is C15H16F3N5O3. The van der Waals surface area contributed by atoms with Gasteiger partial charge in [0.2, 0.25) is 0 Å². The van der Waals surface area contributed by atoms with Gasteiger partial charge in [-0.3, -0.25) is 4.79 Å². The quantitative estimate of drug-likeness (QED) is 0.803. The van der Waals surface area contributed by atoms with Crippen LogP contribution in [0.4, 0.5) is 13.2 Å². The van der Waals surface area contributed by atoms with Gasteiger partial charge in [-0.1, -0.05) is 25.5 Å². The number of carbonyl (C=O) groups is 2. The maximum absolute atomic E-state index is 12.5. The van der Waals surface area contributed by atoms with Gasteiger partial charge in [-0.2, -0.15) is 13.2 Å². The third-order valence-corrected chi connectivity index (χ3v) is 3.80. The van der Waals surface area contributed by atoms with E-state index in [1.807, 2.05) is 0 Å². The molecule has 0 saturated carbocycles. The van der Waals surface area contributed by atoms with Crippen LogP contribution in [0, 0.1) is 5.92 Å². The number of aromatic nitrogens is 4. The van der Waals surface area contributed by atoms with Crippen LogP contribution in [-0.2, 0) is 11.0 Å². The fourth-order valence-electron chi connectivity index (χ4n) is 2.07. The molecule has 0 radical (unpaired) electrons. The van der Waals surface area contributed by atoms with Crippen LogP contribution in [0.5, 0.6) is 0 Å². The Labute approximate surface area is 146 Å². The van der Waals surface area contributed by atoms with E-state index >= 15 is 0 Å². The zero-order valence-electron chi connectivity index (χ0n) is 13.9. The molecule has 2 rings (SSSR count). The van der Waals surface area contributed by atoms with Crippen LogP contribution < -0.4 is 5.32 Å². The maximum Gasteiger partial charge on any atom is 0.417 e. The number of carboxylic acid groups (broad SMARTS) is 1. The average Bonchev–Trinajstić information content (AvgIpc) is 3.08. The van der Waals surface area contributed by atoms with Crippen molar-refractivity contribution in [3.05, 3.63) is 35.8 Å². The minimum absolute atomic E-state index is 0.0289. The van der Waals surface area contributed by atoms with Gasteiger partial charge in [-0.25, -0.2) is 14.5 Å². The Morgan fingerprint density at radius 2 is 2.04 bits per heavy atom. The number of hydrogen-bond acceptors (Lipinski definition) is 5. The molecule has 8 nitrogen and oxygen atoms in total. The molecule has 0 bridgehead atoms. The number of halogens is 3. The van der Waals surface area contributed by atoms with Crippen LogP contribution in [0.2, 0.25) is 0 Å². The zero-order chi connectivity index (χ0) is 19.5. The van der Waals surface area contributed by atoms with Gasteiger partial charge < -0.3 is 10.4 Å². The number of nitrogens with one attached hydrogen (secondary N) is 1. The number of pyridine rings is 1. The van der Waals surface area contributed by atoms with Gasteiger partial charge in [0.1, 0.15) is 6.04 Å². The molecule has 1 amide bonds. The molecule has 0 aromatic carbocycles. The second-order valence-electron chi connectivity index (χ2n) is 5.63. The predicted octanol–water partition coefficient (Wildman–Crippen LogP) is 1.91. The number of carboxylic acids is 1. The molecule has 2 atom stereocenters. The number of amides is 1. The highest BCUT2D eigenvalue weighted by molar-refractivity contribution is 5.94. The number of hydrogen-bond donors (Lipinski definition) is 2. The van der Waals surface area contributed by atoms with Crippen molar-refractivity contribution >= 4 is 11.9 Å². The molecule has 2 aromatic rings. The van der Waals surface area contributed by atoms with E-state index in [1.165, 1.54) is 0 Å². The van der Waals surface area contributed by atoms with E-state index in [4.69, 9.17) is 0 Å². The molecule has 0 saturated heterocycles. The highest BCUT2D eigenvalue weighted by atomic mass is 19.4. The summed E-state index contributed by atoms with van der Waals surface area (Å²) in [7, 11) is 0. The predicted molar refractivity (Wildman–Crippen MR) is 82.5 cm³/mol. The molecule has 2 aromatic heterocycles. The normalized spacial score (nSPS) is 13.9. The van der Waals surface area contributed by atoms with Crippen molar-refractivity contribution < 1.29 is 27.9 Å². The van der Waals surface area contributed by atoms with Gasteiger partial charge >= 0.3 is 12.1 Å². The van der Waals surface area contributed by atoms with E-state index in [9.17, 15) is 27.9 Å². The van der Waals surface area contributed by atoms with E-state index in [2.05, 4.69) is 20.6 Å². The van der Waals surface area contributed by atoms with Crippen molar-refractivity contribution in [3.8, 4) is 5.82 Å². The molecule has 11 heteroatoms. The second-order valence-corrected chi connectivity index (χ2v) is 5.63. The van der Waals surface area contributed by atoms with Crippen LogP contribution in [-0.4, -0.2) is 43.0 Å². The van der Waals surface area contributed by atoms with Gasteiger partial charge in [0, 0.05) is 6.20 Å². The van der Waals surface area contributed by atoms with E-state index in [0.717, 1.165) is 23.0 Å². The first kappa shape index (κ1) is 19.3. The fourth-order valence-corrected chi connectivity index (χ4v) is 2.07. The lowest BCUT2D eigenvalue weighted by Gasteiger charge is -2.19. The summed E-state index contributed by atoms with van der Waals surface area (Å²) in [6, 6.07) is 0.813. The number of nitrogens with zero attached hydrogens (tertiary/aromatic N) is 4. The summed E-state index contributed by atoms with van der Waals surface area (Å²) in [6.45, 7) is 3.47. The largest absolute Gasteiger partial charge is 0.480 e. The first-order valence-corrected chi connectivity index (χ1v) is 7.63. The minimum atomic E-state index is -4.51. The number of carbonyl (C=O) groups excluding carboxylic acids is 1. The molecule has 2 heterocycles. The summed E-state index contributed by atoms with van der Waals surface area (Å²) < 4.78 is 38.6. The van der Waals surface area contributed by atoms with Crippen LogP contribution in [0.1, 0.15) is 36.3 Å². The van der Waals surface area contributed by atoms with Crippen LogP contribution in [0.25, 0.3) is 5.82 Å². The molecule has 0 aliphatic heterocycles. The lowest BCUT2D eigenvalue weighted by Crippen LogP contribution is -2.45. The van der Waals surface area contributed by atoms with E-state index in [0.29, 0.717) is 12.6 Å². The Morgan fingerprint density at radius 1 is 1.35 bits per heavy atom. The summed E-state index contributed by atoms with van der Waals surface area (Å²) >= 11 is 0. The Kier molecular flexibility index (Phi) is 5.58. The van der Waals surface area contributed by atoms with Gasteiger partial charge in [0.15, 0.2) is 11.5 Å². The average molecular weight is 371 g/mol. The van der Waals surface area contributed by atoms with E-state index in [-0.39, 0.29) is 17.4 Å². The summed E-state index contributed by atoms with van der Waals surface area (Å²) in [4.78, 5) is 27.0. The van der Waals surface area contributed by atoms with Crippen molar-refractivity contribution in [2.24, 2.45) is 5.92 Å². The van der Waals surface area contributed by atoms with E-state index in [1.54, 1.807) is 13.8 Å². The Bertz CT molecular complexity index is 789. The zero-order valence-corrected chi connectivity index (χ0v) is 13.9. The number of aliphatic carboxylic acids is 1. The molecule has 0 spiro atoms. The lowest BCUT2D eigenvalue weighted by atomic mass is 9.99. The lowest BCUT2D eigenvalue weighted by molar-refractivity contribution is -0.140. The smallest absolute Gasteiger partial charge is 0.417 e. The Morgan fingerprint density at radius 3 is 2.54 bits per heavy atom. The molecule has 140 valence electrons. The van der Waals surface area contributed by atoms with Crippen molar-refractivity contribution in [1.82, 2.24) is 25.3 Å². The molecule has 0 aliphatic rings. The number of alkyl halides is 3. The van der Waals surface area contributed by atoms with E-state index < -0.39 is 29.7 Å². The van der Waals surface area contributed by atoms with Crippen molar-refractivity contribution in [2.45, 2.75) is 32.5 Å². The molecule has 26 heavy (non-hydrogen) atoms. The second kappa shape index (κ2) is 7.50. The fraction of sp³-hybridized carbons (Fsp3) is 0.400. The van der Waals surface area contributed by atoms with Crippen molar-refractivity contribution in [3.63, 3.8) is 0 Å². The van der Waals surface area contributed by atoms with Gasteiger partial charge in [0.25, 0.3) is 5.91 Å². The van der Waals surface area contributed by atoms with Gasteiger partial charge in [-0.15, -0.1) is 5.10 Å². The first-order valence-electron chi connectivity index (χ1n) is 7.63. The van der Waals surface area contributed by atoms with Crippen LogP contribution in [0.15, 0.2) is 24.5 Å². The highest BCUT2D eigenvalue weighted by Crippen LogP contribution is 2.28.